The molecule has 6 heteroatoms. The second-order valence-electron chi connectivity index (χ2n) is 4.13. The molecule has 2 aromatic carbocycles. The Morgan fingerprint density at radius 3 is 2.48 bits per heavy atom. The number of ether oxygens (including phenoxy) is 2. The van der Waals surface area contributed by atoms with Crippen LogP contribution >= 0.6 is 15.9 Å². The van der Waals surface area contributed by atoms with Crippen molar-refractivity contribution in [3.63, 3.8) is 0 Å². The molecule has 0 radical (unpaired) electrons. The number of nitrogens with zero attached hydrogens (tertiary/aromatic N) is 1. The van der Waals surface area contributed by atoms with E-state index in [-0.39, 0.29) is 5.84 Å². The van der Waals surface area contributed by atoms with Crippen LogP contribution in [-0.2, 0) is 0 Å². The van der Waals surface area contributed by atoms with Gasteiger partial charge in [0.2, 0.25) is 0 Å². The van der Waals surface area contributed by atoms with E-state index >= 15 is 0 Å². The lowest BCUT2D eigenvalue weighted by molar-refractivity contribution is 0.318. The average Bonchev–Trinajstić information content (AvgIpc) is 2.49. The minimum atomic E-state index is -0.0107. The molecule has 3 N–H and O–H groups in total. The number of amidine groups is 1. The van der Waals surface area contributed by atoms with Crippen LogP contribution in [0.3, 0.4) is 0 Å². The molecular formula is C15H15BrN2O3. The molecule has 5 nitrogen and oxygen atoms in total. The molecule has 0 bridgehead atoms. The zero-order valence-electron chi connectivity index (χ0n) is 11.4. The van der Waals surface area contributed by atoms with Crippen LogP contribution in [0.4, 0.5) is 0 Å². The Hall–Kier alpha value is -2.21. The molecule has 0 aliphatic carbocycles. The molecule has 0 spiro atoms. The van der Waals surface area contributed by atoms with Crippen molar-refractivity contribution in [1.82, 2.24) is 0 Å². The maximum atomic E-state index is 8.82. The van der Waals surface area contributed by atoms with Gasteiger partial charge in [-0.2, -0.15) is 0 Å². The first kappa shape index (κ1) is 15.2. The third-order valence-electron chi connectivity index (χ3n) is 2.69. The lowest BCUT2D eigenvalue weighted by Crippen LogP contribution is -2.14. The molecule has 0 aliphatic heterocycles. The molecule has 0 unspecified atom stereocenters. The van der Waals surface area contributed by atoms with Crippen molar-refractivity contribution in [3.8, 4) is 17.2 Å². The van der Waals surface area contributed by atoms with Gasteiger partial charge >= 0.3 is 0 Å². The Morgan fingerprint density at radius 1 is 1.19 bits per heavy atom. The van der Waals surface area contributed by atoms with Crippen LogP contribution in [0.25, 0.3) is 0 Å². The van der Waals surface area contributed by atoms with Gasteiger partial charge in [0, 0.05) is 4.47 Å². The van der Waals surface area contributed by atoms with E-state index in [1.165, 1.54) is 0 Å². The summed E-state index contributed by atoms with van der Waals surface area (Å²) in [6.45, 7) is 2.54. The largest absolute Gasteiger partial charge is 0.494 e. The minimum Gasteiger partial charge on any atom is -0.494 e. The van der Waals surface area contributed by atoms with E-state index < -0.39 is 0 Å². The summed E-state index contributed by atoms with van der Waals surface area (Å²) >= 11 is 3.37. The van der Waals surface area contributed by atoms with E-state index in [1.807, 2.05) is 19.1 Å². The summed E-state index contributed by atoms with van der Waals surface area (Å²) in [4.78, 5) is 0. The molecule has 0 heterocycles. The standard InChI is InChI=1S/C15H15BrN2O3/c1-2-20-11-4-6-12(7-5-11)21-14-9-10(16)3-8-13(14)15(17)18-19/h3-9,19H,2H2,1H3,(H2,17,18). The molecule has 2 rings (SSSR count). The van der Waals surface area contributed by atoms with E-state index in [1.54, 1.807) is 30.3 Å². The Bertz CT molecular complexity index is 642. The number of benzene rings is 2. The van der Waals surface area contributed by atoms with Gasteiger partial charge in [0.15, 0.2) is 5.84 Å². The molecule has 110 valence electrons. The Balaban J connectivity index is 2.28. The lowest BCUT2D eigenvalue weighted by atomic mass is 10.2. The van der Waals surface area contributed by atoms with Crippen LogP contribution in [-0.4, -0.2) is 17.6 Å². The Kier molecular flexibility index (Phi) is 5.05. The SMILES string of the molecule is CCOc1ccc(Oc2cc(Br)ccc2/C(N)=N/O)cc1. The van der Waals surface area contributed by atoms with Gasteiger partial charge in [0.1, 0.15) is 17.2 Å². The van der Waals surface area contributed by atoms with Gasteiger partial charge < -0.3 is 20.4 Å². The van der Waals surface area contributed by atoms with Gasteiger partial charge in [0.25, 0.3) is 0 Å². The second-order valence-corrected chi connectivity index (χ2v) is 5.05. The average molecular weight is 351 g/mol. The summed E-state index contributed by atoms with van der Waals surface area (Å²) in [5, 5.41) is 11.8. The van der Waals surface area contributed by atoms with E-state index in [9.17, 15) is 0 Å². The van der Waals surface area contributed by atoms with Gasteiger partial charge in [-0.25, -0.2) is 0 Å². The molecular weight excluding hydrogens is 336 g/mol. The fourth-order valence-electron chi connectivity index (χ4n) is 1.74. The van der Waals surface area contributed by atoms with Crippen molar-refractivity contribution in [1.29, 1.82) is 0 Å². The summed E-state index contributed by atoms with van der Waals surface area (Å²) < 4.78 is 12.0. The van der Waals surface area contributed by atoms with Gasteiger partial charge in [-0.05, 0) is 49.4 Å². The first-order valence-electron chi connectivity index (χ1n) is 6.32. The van der Waals surface area contributed by atoms with Crippen molar-refractivity contribution >= 4 is 21.8 Å². The highest BCUT2D eigenvalue weighted by Crippen LogP contribution is 2.29. The molecule has 0 saturated carbocycles. The van der Waals surface area contributed by atoms with Gasteiger partial charge in [0.05, 0.1) is 12.2 Å². The molecule has 0 atom stereocenters. The van der Waals surface area contributed by atoms with E-state index in [0.717, 1.165) is 10.2 Å². The molecule has 0 fully saturated rings. The predicted molar refractivity (Wildman–Crippen MR) is 84.3 cm³/mol. The van der Waals surface area contributed by atoms with Crippen molar-refractivity contribution in [3.05, 3.63) is 52.5 Å². The topological polar surface area (TPSA) is 77.1 Å². The zero-order chi connectivity index (χ0) is 15.2. The highest BCUT2D eigenvalue weighted by atomic mass is 79.9. The fraction of sp³-hybridized carbons (Fsp3) is 0.133. The maximum Gasteiger partial charge on any atom is 0.173 e. The number of halogens is 1. The smallest absolute Gasteiger partial charge is 0.173 e. The summed E-state index contributed by atoms with van der Waals surface area (Å²) in [6.07, 6.45) is 0. The number of hydrogen-bond donors (Lipinski definition) is 2. The van der Waals surface area contributed by atoms with E-state index in [2.05, 4.69) is 21.1 Å². The summed E-state index contributed by atoms with van der Waals surface area (Å²) in [7, 11) is 0. The van der Waals surface area contributed by atoms with Gasteiger partial charge in [-0.3, -0.25) is 0 Å². The Morgan fingerprint density at radius 2 is 1.86 bits per heavy atom. The van der Waals surface area contributed by atoms with Crippen molar-refractivity contribution in [2.45, 2.75) is 6.92 Å². The van der Waals surface area contributed by atoms with Crippen LogP contribution in [0.1, 0.15) is 12.5 Å². The number of nitrogens with two attached hydrogens (primary N) is 1. The Labute approximate surface area is 131 Å². The van der Waals surface area contributed by atoms with Crippen LogP contribution in [0.5, 0.6) is 17.2 Å². The maximum absolute atomic E-state index is 8.82. The van der Waals surface area contributed by atoms with Crippen molar-refractivity contribution in [2.75, 3.05) is 6.61 Å². The third-order valence-corrected chi connectivity index (χ3v) is 3.18. The normalized spacial score (nSPS) is 11.2. The number of oxime groups is 1. The van der Waals surface area contributed by atoms with Crippen LogP contribution in [0.2, 0.25) is 0 Å². The number of rotatable bonds is 5. The van der Waals surface area contributed by atoms with E-state index in [4.69, 9.17) is 20.4 Å². The minimum absolute atomic E-state index is 0.0107. The molecule has 0 saturated heterocycles. The quantitative estimate of drug-likeness (QED) is 0.372. The lowest BCUT2D eigenvalue weighted by Gasteiger charge is -2.11. The van der Waals surface area contributed by atoms with Crippen LogP contribution in [0, 0.1) is 0 Å². The molecule has 0 aliphatic rings. The number of hydrogen-bond acceptors (Lipinski definition) is 4. The highest BCUT2D eigenvalue weighted by Gasteiger charge is 2.10. The molecule has 2 aromatic rings. The second kappa shape index (κ2) is 6.99. The summed E-state index contributed by atoms with van der Waals surface area (Å²) in [6, 6.07) is 12.5. The first-order valence-corrected chi connectivity index (χ1v) is 7.11. The summed E-state index contributed by atoms with van der Waals surface area (Å²) in [5.41, 5.74) is 6.16. The highest BCUT2D eigenvalue weighted by molar-refractivity contribution is 9.10. The van der Waals surface area contributed by atoms with Crippen LogP contribution < -0.4 is 15.2 Å². The van der Waals surface area contributed by atoms with Gasteiger partial charge in [-0.1, -0.05) is 21.1 Å². The molecule has 21 heavy (non-hydrogen) atoms. The van der Waals surface area contributed by atoms with Crippen LogP contribution in [0.15, 0.2) is 52.1 Å². The van der Waals surface area contributed by atoms with Gasteiger partial charge in [-0.15, -0.1) is 0 Å². The first-order chi connectivity index (χ1) is 10.1. The summed E-state index contributed by atoms with van der Waals surface area (Å²) in [5.74, 6) is 1.88. The third kappa shape index (κ3) is 3.88. The fourth-order valence-corrected chi connectivity index (χ4v) is 2.08. The van der Waals surface area contributed by atoms with Crippen molar-refractivity contribution < 1.29 is 14.7 Å². The molecule has 0 aromatic heterocycles. The predicted octanol–water partition coefficient (Wildman–Crippen LogP) is 3.73. The van der Waals surface area contributed by atoms with Crippen molar-refractivity contribution in [2.24, 2.45) is 10.9 Å². The zero-order valence-corrected chi connectivity index (χ0v) is 13.0. The molecule has 0 amide bonds. The monoisotopic (exact) mass is 350 g/mol. The van der Waals surface area contributed by atoms with E-state index in [0.29, 0.717) is 23.7 Å².